The summed E-state index contributed by atoms with van der Waals surface area (Å²) in [5.74, 6) is 0. The maximum atomic E-state index is 13.0. The van der Waals surface area contributed by atoms with Gasteiger partial charge in [0.05, 0.1) is 0 Å². The van der Waals surface area contributed by atoms with Gasteiger partial charge >= 0.3 is 0 Å². The highest BCUT2D eigenvalue weighted by atomic mass is 32.2. The third-order valence-electron chi connectivity index (χ3n) is 3.94. The summed E-state index contributed by atoms with van der Waals surface area (Å²) in [5, 5.41) is 4.27. The van der Waals surface area contributed by atoms with E-state index in [0.717, 1.165) is 11.3 Å². The minimum atomic E-state index is -3.57. The first-order chi connectivity index (χ1) is 11.8. The van der Waals surface area contributed by atoms with E-state index in [4.69, 9.17) is 29.2 Å². The second-order valence-electron chi connectivity index (χ2n) is 5.93. The number of hydrogen-bond acceptors (Lipinski definition) is 6. The van der Waals surface area contributed by atoms with Gasteiger partial charge in [0, 0.05) is 17.0 Å². The Balaban J connectivity index is 2.07. The molecule has 1 aliphatic heterocycles. The molecule has 8 heteroatoms. The fourth-order valence-corrected chi connectivity index (χ4v) is 6.59. The molecule has 1 aliphatic rings. The molecule has 0 saturated heterocycles. The van der Waals surface area contributed by atoms with E-state index in [1.165, 1.54) is 11.3 Å². The van der Waals surface area contributed by atoms with Gasteiger partial charge in [-0.15, -0.1) is 11.3 Å². The van der Waals surface area contributed by atoms with Gasteiger partial charge in [-0.25, -0.2) is 8.42 Å². The number of sulfone groups is 1. The van der Waals surface area contributed by atoms with Crippen LogP contribution in [-0.2, 0) is 21.0 Å². The summed E-state index contributed by atoms with van der Waals surface area (Å²) in [6, 6.07) is 8.87. The number of anilines is 1. The van der Waals surface area contributed by atoms with Crippen LogP contribution in [0.3, 0.4) is 0 Å². The van der Waals surface area contributed by atoms with Crippen LogP contribution in [0.1, 0.15) is 30.2 Å². The summed E-state index contributed by atoms with van der Waals surface area (Å²) in [6.45, 7) is 3.61. The van der Waals surface area contributed by atoms with E-state index in [2.05, 4.69) is 5.32 Å². The van der Waals surface area contributed by atoms with E-state index < -0.39 is 15.1 Å². The molecular weight excluding hydrogens is 394 g/mol. The number of thiophene rings is 1. The highest BCUT2D eigenvalue weighted by Gasteiger charge is 2.32. The second kappa shape index (κ2) is 7.11. The Bertz CT molecular complexity index is 919. The number of nitrogens with one attached hydrogen (secondary N) is 1. The molecule has 0 bridgehead atoms. The Labute approximate surface area is 162 Å². The molecular formula is C17H17NO3S4. The van der Waals surface area contributed by atoms with E-state index >= 15 is 0 Å². The third-order valence-corrected chi connectivity index (χ3v) is 8.11. The first-order valence-corrected chi connectivity index (χ1v) is 10.9. The summed E-state index contributed by atoms with van der Waals surface area (Å²) in [4.78, 5) is 0.426. The molecule has 4 nitrogen and oxygen atoms in total. The van der Waals surface area contributed by atoms with Crippen LogP contribution in [0.5, 0.6) is 0 Å². The van der Waals surface area contributed by atoms with Gasteiger partial charge in [0.15, 0.2) is 9.84 Å². The summed E-state index contributed by atoms with van der Waals surface area (Å²) in [5.41, 5.74) is 2.47. The number of rotatable bonds is 4. The Morgan fingerprint density at radius 2 is 2.16 bits per heavy atom. The predicted molar refractivity (Wildman–Crippen MR) is 109 cm³/mol. The Hall–Kier alpha value is -1.35. The van der Waals surface area contributed by atoms with E-state index in [0.29, 0.717) is 26.2 Å². The lowest BCUT2D eigenvalue weighted by molar-refractivity contribution is 0.217. The number of hydrogen-bond donors (Lipinski definition) is 1. The third kappa shape index (κ3) is 3.76. The van der Waals surface area contributed by atoms with Crippen LogP contribution in [0, 0.1) is 0 Å². The van der Waals surface area contributed by atoms with E-state index in [1.807, 2.05) is 19.1 Å². The lowest BCUT2D eigenvalue weighted by Crippen LogP contribution is -2.19. The van der Waals surface area contributed by atoms with Crippen molar-refractivity contribution in [2.45, 2.75) is 35.8 Å². The zero-order chi connectivity index (χ0) is 18.2. The molecule has 2 atom stereocenters. The molecule has 0 spiro atoms. The van der Waals surface area contributed by atoms with Crippen LogP contribution < -0.4 is 5.32 Å². The second-order valence-corrected chi connectivity index (χ2v) is 10.2. The summed E-state index contributed by atoms with van der Waals surface area (Å²) >= 11 is 11.7. The van der Waals surface area contributed by atoms with Crippen molar-refractivity contribution in [2.24, 2.45) is 0 Å². The van der Waals surface area contributed by atoms with Crippen LogP contribution >= 0.6 is 35.8 Å². The SMILES string of the molecule is CC(=S)C(c1ccc2c(c1)CC(C)OC(=S)N2)S(=O)(=O)c1cccs1. The topological polar surface area (TPSA) is 55.4 Å². The molecule has 0 amide bonds. The highest BCUT2D eigenvalue weighted by Crippen LogP contribution is 2.35. The Morgan fingerprint density at radius 3 is 2.80 bits per heavy atom. The number of fused-ring (bicyclic) bond motifs is 1. The largest absolute Gasteiger partial charge is 0.467 e. The normalized spacial score (nSPS) is 18.5. The molecule has 0 fully saturated rings. The number of benzene rings is 1. The highest BCUT2D eigenvalue weighted by molar-refractivity contribution is 7.96. The standard InChI is InChI=1S/C17H17NO3S4/c1-10-8-13-9-12(5-6-14(13)18-17(23)21-10)16(11(2)22)25(19,20)15-4-3-7-24-15/h3-7,9-10,16H,8H2,1-2H3,(H,18,23). The van der Waals surface area contributed by atoms with Gasteiger partial charge in [-0.2, -0.15) is 0 Å². The summed E-state index contributed by atoms with van der Waals surface area (Å²) < 4.78 is 32.0. The first-order valence-electron chi connectivity index (χ1n) is 7.67. The number of thiocarbonyl (C=S) groups is 2. The molecule has 25 heavy (non-hydrogen) atoms. The molecule has 1 N–H and O–H groups in total. The van der Waals surface area contributed by atoms with E-state index in [9.17, 15) is 8.42 Å². The van der Waals surface area contributed by atoms with Gasteiger partial charge in [-0.1, -0.05) is 30.4 Å². The maximum Gasteiger partial charge on any atom is 0.261 e. The molecule has 1 aromatic carbocycles. The van der Waals surface area contributed by atoms with Crippen molar-refractivity contribution in [3.05, 3.63) is 46.8 Å². The Morgan fingerprint density at radius 1 is 1.40 bits per heavy atom. The molecule has 0 radical (unpaired) electrons. The smallest absolute Gasteiger partial charge is 0.261 e. The quantitative estimate of drug-likeness (QED) is 0.757. The average Bonchev–Trinajstić information content (AvgIpc) is 2.99. The van der Waals surface area contributed by atoms with Crippen molar-refractivity contribution >= 4 is 61.3 Å². The zero-order valence-electron chi connectivity index (χ0n) is 13.7. The zero-order valence-corrected chi connectivity index (χ0v) is 16.9. The molecule has 2 aromatic rings. The molecule has 1 aromatic heterocycles. The van der Waals surface area contributed by atoms with Crippen LogP contribution in [0.25, 0.3) is 0 Å². The van der Waals surface area contributed by atoms with Gasteiger partial charge < -0.3 is 10.1 Å². The van der Waals surface area contributed by atoms with Gasteiger partial charge in [0.2, 0.25) is 0 Å². The molecule has 2 unspecified atom stereocenters. The van der Waals surface area contributed by atoms with Crippen molar-refractivity contribution in [1.29, 1.82) is 0 Å². The van der Waals surface area contributed by atoms with Crippen molar-refractivity contribution in [1.82, 2.24) is 0 Å². The maximum absolute atomic E-state index is 13.0. The van der Waals surface area contributed by atoms with Gasteiger partial charge in [-0.3, -0.25) is 0 Å². The molecule has 132 valence electrons. The van der Waals surface area contributed by atoms with Crippen molar-refractivity contribution in [2.75, 3.05) is 5.32 Å². The Kier molecular flexibility index (Phi) is 5.24. The lowest BCUT2D eigenvalue weighted by Gasteiger charge is -2.18. The summed E-state index contributed by atoms with van der Waals surface area (Å²) in [6.07, 6.45) is 0.552. The van der Waals surface area contributed by atoms with Gasteiger partial charge in [-0.05, 0) is 54.7 Å². The first kappa shape index (κ1) is 18.4. The molecule has 3 rings (SSSR count). The fourth-order valence-electron chi connectivity index (χ4n) is 2.91. The van der Waals surface area contributed by atoms with Gasteiger partial charge in [0.25, 0.3) is 5.17 Å². The monoisotopic (exact) mass is 411 g/mol. The number of ether oxygens (including phenoxy) is 1. The predicted octanol–water partition coefficient (Wildman–Crippen LogP) is 4.31. The minimum absolute atomic E-state index is 0.0857. The van der Waals surface area contributed by atoms with Crippen molar-refractivity contribution in [3.63, 3.8) is 0 Å². The lowest BCUT2D eigenvalue weighted by atomic mass is 10.0. The van der Waals surface area contributed by atoms with Crippen LogP contribution in [0.15, 0.2) is 39.9 Å². The minimum Gasteiger partial charge on any atom is -0.467 e. The van der Waals surface area contributed by atoms with Crippen LogP contribution in [0.4, 0.5) is 5.69 Å². The summed E-state index contributed by atoms with van der Waals surface area (Å²) in [7, 11) is -3.57. The molecule has 0 aliphatic carbocycles. The van der Waals surface area contributed by atoms with Gasteiger partial charge in [0.1, 0.15) is 15.6 Å². The van der Waals surface area contributed by atoms with Crippen LogP contribution in [-0.4, -0.2) is 24.6 Å². The van der Waals surface area contributed by atoms with Crippen molar-refractivity contribution in [3.8, 4) is 0 Å². The van der Waals surface area contributed by atoms with E-state index in [-0.39, 0.29) is 6.10 Å². The molecule has 0 saturated carbocycles. The van der Waals surface area contributed by atoms with Crippen LogP contribution in [0.2, 0.25) is 0 Å². The fraction of sp³-hybridized carbons (Fsp3) is 0.294. The van der Waals surface area contributed by atoms with E-state index in [1.54, 1.807) is 30.5 Å². The van der Waals surface area contributed by atoms with Crippen molar-refractivity contribution < 1.29 is 13.2 Å². The molecule has 2 heterocycles. The average molecular weight is 412 g/mol.